The highest BCUT2D eigenvalue weighted by Crippen LogP contribution is 2.33. The number of rotatable bonds is 4. The second-order valence-corrected chi connectivity index (χ2v) is 8.78. The Bertz CT molecular complexity index is 860. The maximum atomic E-state index is 12.8. The van der Waals surface area contributed by atoms with Crippen molar-refractivity contribution in [1.29, 1.82) is 0 Å². The number of nitrogens with one attached hydrogen (secondary N) is 1. The first-order valence-corrected chi connectivity index (χ1v) is 10.8. The average molecular weight is 406 g/mol. The minimum atomic E-state index is -0.137. The Hall–Kier alpha value is -1.93. The topological polar surface area (TPSA) is 82.5 Å². The average Bonchev–Trinajstić information content (AvgIpc) is 3.29. The van der Waals surface area contributed by atoms with Crippen molar-refractivity contribution in [3.05, 3.63) is 16.6 Å². The highest BCUT2D eigenvalue weighted by Gasteiger charge is 2.29. The second kappa shape index (κ2) is 8.21. The number of thiophene rings is 1. The molecule has 0 unspecified atom stereocenters. The lowest BCUT2D eigenvalue weighted by Gasteiger charge is -2.27. The zero-order valence-corrected chi connectivity index (χ0v) is 17.2. The molecule has 2 fully saturated rings. The summed E-state index contributed by atoms with van der Waals surface area (Å²) >= 11 is 1.52. The third-order valence-electron chi connectivity index (χ3n) is 5.93. The molecular weight excluding hydrogens is 378 g/mol. The lowest BCUT2D eigenvalue weighted by atomic mass is 9.86. The highest BCUT2D eigenvalue weighted by atomic mass is 32.1. The lowest BCUT2D eigenvalue weighted by molar-refractivity contribution is -0.146. The first-order chi connectivity index (χ1) is 13.6. The van der Waals surface area contributed by atoms with Crippen LogP contribution in [0.15, 0.2) is 6.07 Å². The molecule has 1 saturated heterocycles. The first-order valence-electron chi connectivity index (χ1n) is 10.0. The van der Waals surface area contributed by atoms with Crippen LogP contribution in [0.25, 0.3) is 10.2 Å². The fourth-order valence-electron chi connectivity index (χ4n) is 4.26. The summed E-state index contributed by atoms with van der Waals surface area (Å²) in [5, 5.41) is 8.94. The van der Waals surface area contributed by atoms with Crippen LogP contribution in [0, 0.1) is 12.8 Å². The van der Waals surface area contributed by atoms with E-state index in [1.165, 1.54) is 18.4 Å². The number of hydrogen-bond acceptors (Lipinski definition) is 6. The molecule has 7 nitrogen and oxygen atoms in total. The zero-order valence-electron chi connectivity index (χ0n) is 16.4. The van der Waals surface area contributed by atoms with Crippen LogP contribution in [0.5, 0.6) is 0 Å². The first kappa shape index (κ1) is 19.4. The number of fused-ring (bicyclic) bond motifs is 1. The van der Waals surface area contributed by atoms with E-state index < -0.39 is 0 Å². The van der Waals surface area contributed by atoms with E-state index in [0.29, 0.717) is 6.04 Å². The number of methoxy groups -OCH3 is 1. The van der Waals surface area contributed by atoms with Crippen LogP contribution in [0.4, 0.5) is 0 Å². The van der Waals surface area contributed by atoms with Crippen LogP contribution in [-0.2, 0) is 14.3 Å². The predicted molar refractivity (Wildman–Crippen MR) is 107 cm³/mol. The van der Waals surface area contributed by atoms with Gasteiger partial charge in [0.25, 0.3) is 5.91 Å². The van der Waals surface area contributed by atoms with Gasteiger partial charge in [0, 0.05) is 24.6 Å². The fourth-order valence-corrected chi connectivity index (χ4v) is 5.39. The number of aryl methyl sites for hydroxylation is 1. The summed E-state index contributed by atoms with van der Waals surface area (Å²) < 4.78 is 12.4. The van der Waals surface area contributed by atoms with E-state index in [0.717, 1.165) is 72.5 Å². The van der Waals surface area contributed by atoms with E-state index in [1.807, 2.05) is 13.0 Å². The molecule has 1 saturated carbocycles. The Labute approximate surface area is 168 Å². The minimum absolute atomic E-state index is 0.0272. The van der Waals surface area contributed by atoms with Gasteiger partial charge in [0.05, 0.1) is 29.6 Å². The molecule has 1 aliphatic carbocycles. The smallest absolute Gasteiger partial charge is 0.308 e. The molecule has 0 radical (unpaired) electrons. The molecule has 0 spiro atoms. The molecule has 2 aromatic rings. The molecule has 4 rings (SSSR count). The molecular formula is C20H27N3O4S. The quantitative estimate of drug-likeness (QED) is 0.790. The molecule has 0 aromatic carbocycles. The van der Waals surface area contributed by atoms with E-state index in [4.69, 9.17) is 14.6 Å². The van der Waals surface area contributed by atoms with Gasteiger partial charge in [-0.3, -0.25) is 14.3 Å². The number of nitrogens with zero attached hydrogens (tertiary/aromatic N) is 2. The molecule has 2 aliphatic rings. The van der Waals surface area contributed by atoms with Crippen molar-refractivity contribution in [3.63, 3.8) is 0 Å². The molecule has 3 heterocycles. The van der Waals surface area contributed by atoms with Gasteiger partial charge in [0.1, 0.15) is 4.83 Å². The Balaban J connectivity index is 1.44. The third-order valence-corrected chi connectivity index (χ3v) is 7.05. The number of hydrogen-bond donors (Lipinski definition) is 1. The number of esters is 1. The van der Waals surface area contributed by atoms with Crippen LogP contribution in [0.2, 0.25) is 0 Å². The van der Waals surface area contributed by atoms with Crippen molar-refractivity contribution in [3.8, 4) is 0 Å². The largest absolute Gasteiger partial charge is 0.469 e. The maximum absolute atomic E-state index is 12.8. The molecule has 28 heavy (non-hydrogen) atoms. The molecule has 0 bridgehead atoms. The van der Waals surface area contributed by atoms with E-state index >= 15 is 0 Å². The summed E-state index contributed by atoms with van der Waals surface area (Å²) in [4.78, 5) is 26.3. The van der Waals surface area contributed by atoms with Crippen molar-refractivity contribution in [1.82, 2.24) is 15.1 Å². The van der Waals surface area contributed by atoms with Crippen molar-refractivity contribution in [2.24, 2.45) is 5.92 Å². The Morgan fingerprint density at radius 1 is 1.21 bits per heavy atom. The van der Waals surface area contributed by atoms with Crippen molar-refractivity contribution >= 4 is 33.4 Å². The number of carbonyl (C=O) groups is 2. The Morgan fingerprint density at radius 3 is 2.61 bits per heavy atom. The monoisotopic (exact) mass is 405 g/mol. The number of carbonyl (C=O) groups excluding carboxylic acids is 2. The van der Waals surface area contributed by atoms with Crippen LogP contribution < -0.4 is 5.32 Å². The van der Waals surface area contributed by atoms with Crippen molar-refractivity contribution < 1.29 is 19.1 Å². The van der Waals surface area contributed by atoms with Gasteiger partial charge in [-0.15, -0.1) is 11.3 Å². The summed E-state index contributed by atoms with van der Waals surface area (Å²) in [6, 6.07) is 2.42. The van der Waals surface area contributed by atoms with Crippen LogP contribution >= 0.6 is 11.3 Å². The van der Waals surface area contributed by atoms with Crippen molar-refractivity contribution in [2.45, 2.75) is 57.5 Å². The third kappa shape index (κ3) is 3.80. The van der Waals surface area contributed by atoms with E-state index in [-0.39, 0.29) is 23.8 Å². The van der Waals surface area contributed by atoms with Gasteiger partial charge >= 0.3 is 5.97 Å². The Kier molecular flexibility index (Phi) is 5.68. The number of amides is 1. The zero-order chi connectivity index (χ0) is 19.7. The maximum Gasteiger partial charge on any atom is 0.308 e. The summed E-state index contributed by atoms with van der Waals surface area (Å²) in [5.74, 6) is -0.196. The summed E-state index contributed by atoms with van der Waals surface area (Å²) in [7, 11) is 1.43. The molecule has 1 amide bonds. The summed E-state index contributed by atoms with van der Waals surface area (Å²) in [6.07, 6.45) is 5.07. The van der Waals surface area contributed by atoms with E-state index in [2.05, 4.69) is 10.00 Å². The predicted octanol–water partition coefficient (Wildman–Crippen LogP) is 3.22. The van der Waals surface area contributed by atoms with Gasteiger partial charge in [-0.1, -0.05) is 0 Å². The van der Waals surface area contributed by atoms with Gasteiger partial charge in [-0.2, -0.15) is 5.10 Å². The summed E-state index contributed by atoms with van der Waals surface area (Å²) in [5.41, 5.74) is 0.968. The van der Waals surface area contributed by atoms with Gasteiger partial charge < -0.3 is 14.8 Å². The van der Waals surface area contributed by atoms with Gasteiger partial charge in [0.2, 0.25) is 0 Å². The van der Waals surface area contributed by atoms with Crippen LogP contribution in [0.1, 0.15) is 59.9 Å². The second-order valence-electron chi connectivity index (χ2n) is 7.75. The Morgan fingerprint density at radius 2 is 1.93 bits per heavy atom. The van der Waals surface area contributed by atoms with Gasteiger partial charge in [-0.05, 0) is 51.5 Å². The number of ether oxygens (including phenoxy) is 2. The van der Waals surface area contributed by atoms with Crippen molar-refractivity contribution in [2.75, 3.05) is 20.3 Å². The molecule has 1 N–H and O–H groups in total. The molecule has 2 aromatic heterocycles. The molecule has 8 heteroatoms. The SMILES string of the molecule is COC(=O)[C@H]1CC[C@H](NC(=O)c2cc3c(C)nn(C4CCOCC4)c3s2)CC1. The molecule has 1 aliphatic heterocycles. The molecule has 152 valence electrons. The highest BCUT2D eigenvalue weighted by molar-refractivity contribution is 7.20. The van der Waals surface area contributed by atoms with Gasteiger partial charge in [-0.25, -0.2) is 0 Å². The summed E-state index contributed by atoms with van der Waals surface area (Å²) in [6.45, 7) is 3.52. The lowest BCUT2D eigenvalue weighted by Crippen LogP contribution is -2.38. The molecule has 0 atom stereocenters. The normalized spacial score (nSPS) is 23.6. The van der Waals surface area contributed by atoms with Crippen LogP contribution in [0.3, 0.4) is 0 Å². The van der Waals surface area contributed by atoms with Gasteiger partial charge in [0.15, 0.2) is 0 Å². The standard InChI is InChI=1S/C20H27N3O4S/c1-12-16-11-17(28-19(16)23(22-12)15-7-9-27-10-8-15)18(24)21-14-5-3-13(4-6-14)20(25)26-2/h11,13-15H,3-10H2,1-2H3,(H,21,24)/t13-,14-. The minimum Gasteiger partial charge on any atom is -0.469 e. The van der Waals surface area contributed by atoms with E-state index in [9.17, 15) is 9.59 Å². The van der Waals surface area contributed by atoms with E-state index in [1.54, 1.807) is 0 Å². The van der Waals surface area contributed by atoms with Crippen LogP contribution in [-0.4, -0.2) is 48.0 Å². The number of aromatic nitrogens is 2. The fraction of sp³-hybridized carbons (Fsp3) is 0.650.